The Morgan fingerprint density at radius 1 is 0.935 bits per heavy atom. The van der Waals surface area contributed by atoms with Gasteiger partial charge in [-0.2, -0.15) is 26.3 Å². The highest BCUT2D eigenvalue weighted by atomic mass is 79.9. The van der Waals surface area contributed by atoms with E-state index in [1.54, 1.807) is 24.3 Å². The molecule has 31 heavy (non-hydrogen) atoms. The lowest BCUT2D eigenvalue weighted by Crippen LogP contribution is -2.43. The van der Waals surface area contributed by atoms with Gasteiger partial charge in [0.25, 0.3) is 0 Å². The van der Waals surface area contributed by atoms with Gasteiger partial charge in [0.15, 0.2) is 0 Å². The number of alkyl halides is 6. The van der Waals surface area contributed by atoms with E-state index in [9.17, 15) is 35.9 Å². The zero-order valence-corrected chi connectivity index (χ0v) is 17.5. The normalized spacial score (nSPS) is 12.9. The molecule has 0 saturated carbocycles. The minimum atomic E-state index is -5.03. The van der Waals surface area contributed by atoms with Gasteiger partial charge in [-0.15, -0.1) is 0 Å². The third kappa shape index (κ3) is 7.27. The Kier molecular flexibility index (Phi) is 7.74. The van der Waals surface area contributed by atoms with E-state index in [2.05, 4.69) is 26.0 Å². The van der Waals surface area contributed by atoms with Gasteiger partial charge in [-0.3, -0.25) is 4.79 Å². The SMILES string of the molecule is COC(=O)[C@@H](Cc1ccc(Br)cc1)NC(=O)Cc1cc(C(F)(F)F)cc(C(F)(F)F)c1. The van der Waals surface area contributed by atoms with E-state index in [1.807, 2.05) is 0 Å². The van der Waals surface area contributed by atoms with Crippen LogP contribution in [-0.2, 0) is 39.5 Å². The van der Waals surface area contributed by atoms with Gasteiger partial charge < -0.3 is 10.1 Å². The lowest BCUT2D eigenvalue weighted by Gasteiger charge is -2.18. The van der Waals surface area contributed by atoms with Crippen molar-refractivity contribution >= 4 is 27.8 Å². The van der Waals surface area contributed by atoms with E-state index in [4.69, 9.17) is 0 Å². The van der Waals surface area contributed by atoms with Crippen molar-refractivity contribution in [3.8, 4) is 0 Å². The summed E-state index contributed by atoms with van der Waals surface area (Å²) in [5.74, 6) is -1.74. The fourth-order valence-electron chi connectivity index (χ4n) is 2.74. The van der Waals surface area contributed by atoms with Gasteiger partial charge in [-0.05, 0) is 41.5 Å². The van der Waals surface area contributed by atoms with Crippen molar-refractivity contribution in [3.63, 3.8) is 0 Å². The molecule has 1 atom stereocenters. The molecule has 4 nitrogen and oxygen atoms in total. The predicted molar refractivity (Wildman–Crippen MR) is 102 cm³/mol. The number of ether oxygens (including phenoxy) is 1. The quantitative estimate of drug-likeness (QED) is 0.442. The first-order chi connectivity index (χ1) is 14.3. The topological polar surface area (TPSA) is 55.4 Å². The monoisotopic (exact) mass is 511 g/mol. The van der Waals surface area contributed by atoms with Crippen LogP contribution in [0.4, 0.5) is 26.3 Å². The Bertz CT molecular complexity index is 909. The Hall–Kier alpha value is -2.56. The second-order valence-corrected chi connectivity index (χ2v) is 7.48. The third-order valence-corrected chi connectivity index (χ3v) is 4.71. The summed E-state index contributed by atoms with van der Waals surface area (Å²) in [5, 5.41) is 2.31. The van der Waals surface area contributed by atoms with Crippen LogP contribution in [0, 0.1) is 0 Å². The molecule has 0 radical (unpaired) electrons. The highest BCUT2D eigenvalue weighted by Gasteiger charge is 2.37. The molecule has 0 aliphatic heterocycles. The lowest BCUT2D eigenvalue weighted by molar-refractivity contribution is -0.145. The highest BCUT2D eigenvalue weighted by Crippen LogP contribution is 2.36. The number of hydrogen-bond acceptors (Lipinski definition) is 3. The Morgan fingerprint density at radius 2 is 1.45 bits per heavy atom. The van der Waals surface area contributed by atoms with E-state index < -0.39 is 53.4 Å². The van der Waals surface area contributed by atoms with Crippen LogP contribution in [-0.4, -0.2) is 25.0 Å². The van der Waals surface area contributed by atoms with Crippen molar-refractivity contribution in [2.45, 2.75) is 31.2 Å². The molecule has 2 rings (SSSR count). The molecule has 11 heteroatoms. The lowest BCUT2D eigenvalue weighted by atomic mass is 10.0. The zero-order valence-electron chi connectivity index (χ0n) is 15.9. The Labute approximate surface area is 181 Å². The van der Waals surface area contributed by atoms with Gasteiger partial charge >= 0.3 is 18.3 Å². The van der Waals surface area contributed by atoms with E-state index in [0.29, 0.717) is 17.7 Å². The molecule has 0 saturated heterocycles. The largest absolute Gasteiger partial charge is 0.467 e. The van der Waals surface area contributed by atoms with Crippen LogP contribution in [0.3, 0.4) is 0 Å². The minimum Gasteiger partial charge on any atom is -0.467 e. The molecule has 0 spiro atoms. The van der Waals surface area contributed by atoms with Gasteiger partial charge in [0.1, 0.15) is 6.04 Å². The van der Waals surface area contributed by atoms with Crippen molar-refractivity contribution < 1.29 is 40.7 Å². The number of carbonyl (C=O) groups excluding carboxylic acids is 2. The number of rotatable bonds is 6. The fraction of sp³-hybridized carbons (Fsp3) is 0.300. The first kappa shape index (κ1) is 24.7. The molecule has 1 N–H and O–H groups in total. The maximum absolute atomic E-state index is 13.0. The van der Waals surface area contributed by atoms with E-state index >= 15 is 0 Å². The second kappa shape index (κ2) is 9.71. The Morgan fingerprint density at radius 3 is 1.90 bits per heavy atom. The molecule has 2 aromatic carbocycles. The molecule has 2 aromatic rings. The van der Waals surface area contributed by atoms with Crippen LogP contribution < -0.4 is 5.32 Å². The minimum absolute atomic E-state index is 0.0160. The third-order valence-electron chi connectivity index (χ3n) is 4.19. The summed E-state index contributed by atoms with van der Waals surface area (Å²) in [4.78, 5) is 24.3. The molecule has 0 heterocycles. The molecule has 1 amide bonds. The van der Waals surface area contributed by atoms with Crippen LogP contribution in [0.5, 0.6) is 0 Å². The van der Waals surface area contributed by atoms with Crippen LogP contribution >= 0.6 is 15.9 Å². The summed E-state index contributed by atoms with van der Waals surface area (Å²) in [6.45, 7) is 0. The highest BCUT2D eigenvalue weighted by molar-refractivity contribution is 9.10. The number of nitrogens with one attached hydrogen (secondary N) is 1. The number of methoxy groups -OCH3 is 1. The van der Waals surface area contributed by atoms with Crippen LogP contribution in [0.1, 0.15) is 22.3 Å². The predicted octanol–water partition coefficient (Wildman–Crippen LogP) is 4.93. The summed E-state index contributed by atoms with van der Waals surface area (Å²) < 4.78 is 83.2. The molecular formula is C20H16BrF6NO3. The van der Waals surface area contributed by atoms with Crippen LogP contribution in [0.2, 0.25) is 0 Å². The van der Waals surface area contributed by atoms with Crippen LogP contribution in [0.25, 0.3) is 0 Å². The smallest absolute Gasteiger partial charge is 0.416 e. The molecule has 0 bridgehead atoms. The summed E-state index contributed by atoms with van der Waals surface area (Å²) >= 11 is 3.25. The summed E-state index contributed by atoms with van der Waals surface area (Å²) in [5.41, 5.74) is -2.89. The number of esters is 1. The maximum atomic E-state index is 13.0. The fourth-order valence-corrected chi connectivity index (χ4v) is 3.01. The van der Waals surface area contributed by atoms with Crippen molar-refractivity contribution in [2.24, 2.45) is 0 Å². The number of hydrogen-bond donors (Lipinski definition) is 1. The van der Waals surface area contributed by atoms with Crippen molar-refractivity contribution in [3.05, 3.63) is 69.2 Å². The molecule has 168 valence electrons. The summed E-state index contributed by atoms with van der Waals surface area (Å²) in [6, 6.07) is 6.49. The van der Waals surface area contributed by atoms with Crippen molar-refractivity contribution in [1.29, 1.82) is 0 Å². The molecule has 0 fully saturated rings. The first-order valence-electron chi connectivity index (χ1n) is 8.69. The molecule has 0 aliphatic carbocycles. The average Bonchev–Trinajstić information content (AvgIpc) is 2.66. The molecular weight excluding hydrogens is 496 g/mol. The number of amides is 1. The van der Waals surface area contributed by atoms with Gasteiger partial charge in [-0.25, -0.2) is 4.79 Å². The molecule has 0 aromatic heterocycles. The van der Waals surface area contributed by atoms with Gasteiger partial charge in [0.05, 0.1) is 24.7 Å². The van der Waals surface area contributed by atoms with Gasteiger partial charge in [0, 0.05) is 10.9 Å². The molecule has 0 unspecified atom stereocenters. The molecule has 0 aliphatic rings. The van der Waals surface area contributed by atoms with Gasteiger partial charge in [0.2, 0.25) is 5.91 Å². The number of carbonyl (C=O) groups is 2. The number of halogens is 7. The van der Waals surface area contributed by atoms with E-state index in [1.165, 1.54) is 0 Å². The summed E-state index contributed by atoms with van der Waals surface area (Å²) in [7, 11) is 1.09. The van der Waals surface area contributed by atoms with Crippen molar-refractivity contribution in [2.75, 3.05) is 7.11 Å². The standard InChI is InChI=1S/C20H16BrF6NO3/c1-31-18(30)16(8-11-2-4-15(21)5-3-11)28-17(29)9-12-6-13(19(22,23)24)10-14(7-12)20(25,26)27/h2-7,10,16H,8-9H2,1H3,(H,28,29)/t16-/m1/s1. The summed E-state index contributed by atoms with van der Waals surface area (Å²) in [6.07, 6.45) is -10.8. The van der Waals surface area contributed by atoms with E-state index in [-0.39, 0.29) is 12.5 Å². The maximum Gasteiger partial charge on any atom is 0.416 e. The number of benzene rings is 2. The van der Waals surface area contributed by atoms with Crippen molar-refractivity contribution in [1.82, 2.24) is 5.32 Å². The second-order valence-electron chi connectivity index (χ2n) is 6.56. The average molecular weight is 512 g/mol. The van der Waals surface area contributed by atoms with E-state index in [0.717, 1.165) is 11.6 Å². The Balaban J connectivity index is 2.23. The van der Waals surface area contributed by atoms with Gasteiger partial charge in [-0.1, -0.05) is 28.1 Å². The zero-order chi connectivity index (χ0) is 23.4. The van der Waals surface area contributed by atoms with Crippen LogP contribution in [0.15, 0.2) is 46.9 Å². The first-order valence-corrected chi connectivity index (χ1v) is 9.49.